The maximum Gasteiger partial charge on any atom is 0.309 e. The molecule has 0 unspecified atom stereocenters. The van der Waals surface area contributed by atoms with Crippen LogP contribution >= 0.6 is 11.3 Å². The minimum absolute atomic E-state index is 0.132. The highest BCUT2D eigenvalue weighted by atomic mass is 32.1. The van der Waals surface area contributed by atoms with Crippen LogP contribution in [0.25, 0.3) is 0 Å². The second-order valence-corrected chi connectivity index (χ2v) is 8.33. The third kappa shape index (κ3) is 4.76. The largest absolute Gasteiger partial charge is 0.388 e. The van der Waals surface area contributed by atoms with Crippen LogP contribution in [0.3, 0.4) is 0 Å². The minimum Gasteiger partial charge on any atom is -0.388 e. The standard InChI is InChI=1S/C21H26N2O3S/c1-15(24)17-9-10-18(27-17)21(11-5-6-12-21)14-23-20(26)19(25)22-13-16-7-3-2-4-8-16/h2-4,7-10,15,24H,5-6,11-14H2,1H3,(H,22,25)(H,23,26)/t15-/m0/s1. The molecule has 1 heterocycles. The lowest BCUT2D eigenvalue weighted by molar-refractivity contribution is -0.139. The Labute approximate surface area is 163 Å². The first kappa shape index (κ1) is 19.6. The van der Waals surface area contributed by atoms with Crippen molar-refractivity contribution in [3.63, 3.8) is 0 Å². The molecule has 1 aromatic carbocycles. The number of aliphatic hydroxyl groups excluding tert-OH is 1. The van der Waals surface area contributed by atoms with Crippen molar-refractivity contribution in [1.82, 2.24) is 10.6 Å². The first-order valence-electron chi connectivity index (χ1n) is 9.38. The fourth-order valence-electron chi connectivity index (χ4n) is 3.61. The average Bonchev–Trinajstić information content (AvgIpc) is 3.35. The van der Waals surface area contributed by atoms with E-state index in [2.05, 4.69) is 16.7 Å². The van der Waals surface area contributed by atoms with Crippen LogP contribution in [0.15, 0.2) is 42.5 Å². The third-order valence-corrected chi connectivity index (χ3v) is 6.71. The van der Waals surface area contributed by atoms with Gasteiger partial charge in [-0.1, -0.05) is 43.2 Å². The lowest BCUT2D eigenvalue weighted by atomic mass is 9.84. The molecule has 144 valence electrons. The predicted octanol–water partition coefficient (Wildman–Crippen LogP) is 3.05. The summed E-state index contributed by atoms with van der Waals surface area (Å²) < 4.78 is 0. The molecule has 0 aliphatic heterocycles. The SMILES string of the molecule is C[C@H](O)c1ccc(C2(CNC(=O)C(=O)NCc3ccccc3)CCCC2)s1. The molecule has 1 atom stereocenters. The maximum atomic E-state index is 12.2. The van der Waals surface area contributed by atoms with Crippen LogP contribution in [-0.4, -0.2) is 23.5 Å². The van der Waals surface area contributed by atoms with Crippen molar-refractivity contribution < 1.29 is 14.7 Å². The molecule has 2 amide bonds. The average molecular weight is 387 g/mol. The molecule has 1 saturated carbocycles. The van der Waals surface area contributed by atoms with Crippen LogP contribution in [0, 0.1) is 0 Å². The number of thiophene rings is 1. The molecular formula is C21H26N2O3S. The summed E-state index contributed by atoms with van der Waals surface area (Å²) >= 11 is 1.60. The van der Waals surface area contributed by atoms with E-state index >= 15 is 0 Å². The summed E-state index contributed by atoms with van der Waals surface area (Å²) in [6, 6.07) is 13.5. The molecule has 0 saturated heterocycles. The molecule has 5 nitrogen and oxygen atoms in total. The van der Waals surface area contributed by atoms with E-state index in [9.17, 15) is 14.7 Å². The van der Waals surface area contributed by atoms with Crippen molar-refractivity contribution in [3.8, 4) is 0 Å². The van der Waals surface area contributed by atoms with Gasteiger partial charge in [0.25, 0.3) is 0 Å². The fourth-order valence-corrected chi connectivity index (χ4v) is 4.80. The van der Waals surface area contributed by atoms with Crippen molar-refractivity contribution in [2.75, 3.05) is 6.54 Å². The summed E-state index contributed by atoms with van der Waals surface area (Å²) in [4.78, 5) is 26.5. The molecule has 1 aliphatic rings. The van der Waals surface area contributed by atoms with Gasteiger partial charge < -0.3 is 15.7 Å². The van der Waals surface area contributed by atoms with Gasteiger partial charge in [-0.2, -0.15) is 0 Å². The van der Waals surface area contributed by atoms with Crippen LogP contribution in [0.1, 0.15) is 54.0 Å². The van der Waals surface area contributed by atoms with Gasteiger partial charge in [-0.05, 0) is 37.5 Å². The summed E-state index contributed by atoms with van der Waals surface area (Å²) in [6.45, 7) is 2.54. The molecule has 3 N–H and O–H groups in total. The molecule has 6 heteroatoms. The quantitative estimate of drug-likeness (QED) is 0.668. The highest BCUT2D eigenvalue weighted by Crippen LogP contribution is 2.44. The van der Waals surface area contributed by atoms with E-state index in [0.717, 1.165) is 36.1 Å². The van der Waals surface area contributed by atoms with Gasteiger partial charge >= 0.3 is 11.8 Å². The number of benzene rings is 1. The number of amides is 2. The summed E-state index contributed by atoms with van der Waals surface area (Å²) in [6.07, 6.45) is 3.70. The van der Waals surface area contributed by atoms with Gasteiger partial charge in [0.05, 0.1) is 6.10 Å². The second kappa shape index (κ2) is 8.67. The van der Waals surface area contributed by atoms with E-state index in [1.807, 2.05) is 36.4 Å². The number of carbonyl (C=O) groups excluding carboxylic acids is 2. The molecule has 1 fully saturated rings. The number of carbonyl (C=O) groups is 2. The first-order valence-corrected chi connectivity index (χ1v) is 10.2. The van der Waals surface area contributed by atoms with Crippen molar-refractivity contribution in [1.29, 1.82) is 0 Å². The lowest BCUT2D eigenvalue weighted by Crippen LogP contribution is -2.45. The Kier molecular flexibility index (Phi) is 6.29. The third-order valence-electron chi connectivity index (χ3n) is 5.21. The molecule has 2 aromatic rings. The Morgan fingerprint density at radius 2 is 1.74 bits per heavy atom. The van der Waals surface area contributed by atoms with E-state index in [-0.39, 0.29) is 5.41 Å². The zero-order valence-corrected chi connectivity index (χ0v) is 16.3. The Morgan fingerprint density at radius 3 is 2.37 bits per heavy atom. The van der Waals surface area contributed by atoms with Gasteiger partial charge in [0.2, 0.25) is 0 Å². The monoisotopic (exact) mass is 386 g/mol. The van der Waals surface area contributed by atoms with Crippen molar-refractivity contribution in [2.24, 2.45) is 0 Å². The normalized spacial score (nSPS) is 16.7. The first-order chi connectivity index (χ1) is 13.0. The Balaban J connectivity index is 1.58. The molecule has 1 aromatic heterocycles. The van der Waals surface area contributed by atoms with Crippen molar-refractivity contribution in [3.05, 3.63) is 57.8 Å². The smallest absolute Gasteiger partial charge is 0.309 e. The van der Waals surface area contributed by atoms with E-state index < -0.39 is 17.9 Å². The number of rotatable bonds is 6. The van der Waals surface area contributed by atoms with Crippen LogP contribution in [0.5, 0.6) is 0 Å². The highest BCUT2D eigenvalue weighted by Gasteiger charge is 2.37. The number of hydrogen-bond donors (Lipinski definition) is 3. The van der Waals surface area contributed by atoms with E-state index in [4.69, 9.17) is 0 Å². The number of aliphatic hydroxyl groups is 1. The summed E-state index contributed by atoms with van der Waals surface area (Å²) in [5, 5.41) is 15.3. The number of hydrogen-bond acceptors (Lipinski definition) is 4. The lowest BCUT2D eigenvalue weighted by Gasteiger charge is -2.28. The van der Waals surface area contributed by atoms with Gasteiger partial charge in [0, 0.05) is 28.3 Å². The Morgan fingerprint density at radius 1 is 1.07 bits per heavy atom. The Bertz CT molecular complexity index is 780. The molecule has 3 rings (SSSR count). The molecule has 27 heavy (non-hydrogen) atoms. The highest BCUT2D eigenvalue weighted by molar-refractivity contribution is 7.12. The van der Waals surface area contributed by atoms with Gasteiger partial charge in [0.15, 0.2) is 0 Å². The van der Waals surface area contributed by atoms with E-state index in [1.54, 1.807) is 18.3 Å². The molecule has 0 radical (unpaired) electrons. The fraction of sp³-hybridized carbons (Fsp3) is 0.429. The van der Waals surface area contributed by atoms with Crippen molar-refractivity contribution >= 4 is 23.2 Å². The Hall–Kier alpha value is -2.18. The number of nitrogens with one attached hydrogen (secondary N) is 2. The summed E-state index contributed by atoms with van der Waals surface area (Å²) in [5.41, 5.74) is 0.822. The minimum atomic E-state index is -0.608. The van der Waals surface area contributed by atoms with Crippen molar-refractivity contribution in [2.45, 2.75) is 50.7 Å². The van der Waals surface area contributed by atoms with Gasteiger partial charge in [-0.3, -0.25) is 9.59 Å². The van der Waals surface area contributed by atoms with Crippen LogP contribution < -0.4 is 10.6 Å². The molecule has 1 aliphatic carbocycles. The molecule has 0 spiro atoms. The van der Waals surface area contributed by atoms with Crippen LogP contribution in [-0.2, 0) is 21.5 Å². The second-order valence-electron chi connectivity index (χ2n) is 7.22. The molecular weight excluding hydrogens is 360 g/mol. The zero-order valence-electron chi connectivity index (χ0n) is 15.5. The van der Waals surface area contributed by atoms with Gasteiger partial charge in [0.1, 0.15) is 0 Å². The predicted molar refractivity (Wildman–Crippen MR) is 106 cm³/mol. The summed E-state index contributed by atoms with van der Waals surface area (Å²) in [7, 11) is 0. The van der Waals surface area contributed by atoms with Crippen LogP contribution in [0.2, 0.25) is 0 Å². The van der Waals surface area contributed by atoms with E-state index in [0.29, 0.717) is 13.1 Å². The topological polar surface area (TPSA) is 78.4 Å². The van der Waals surface area contributed by atoms with Gasteiger partial charge in [-0.15, -0.1) is 11.3 Å². The van der Waals surface area contributed by atoms with E-state index in [1.165, 1.54) is 4.88 Å². The van der Waals surface area contributed by atoms with Crippen LogP contribution in [0.4, 0.5) is 0 Å². The molecule has 0 bridgehead atoms. The van der Waals surface area contributed by atoms with Gasteiger partial charge in [-0.25, -0.2) is 0 Å². The zero-order chi connectivity index (χ0) is 19.3. The summed E-state index contributed by atoms with van der Waals surface area (Å²) in [5.74, 6) is -1.20. The maximum absolute atomic E-state index is 12.2.